The molecule has 3 rings (SSSR count). The van der Waals surface area contributed by atoms with Crippen LogP contribution >= 0.6 is 11.6 Å². The Hall–Kier alpha value is -2.24. The summed E-state index contributed by atoms with van der Waals surface area (Å²) in [5, 5.41) is 0.683. The molecule has 1 saturated heterocycles. The molecule has 1 aliphatic rings. The second-order valence-electron chi connectivity index (χ2n) is 7.20. The Morgan fingerprint density at radius 3 is 2.38 bits per heavy atom. The van der Waals surface area contributed by atoms with Crippen molar-refractivity contribution in [2.75, 3.05) is 26.8 Å². The third kappa shape index (κ3) is 6.94. The van der Waals surface area contributed by atoms with E-state index < -0.39 is 0 Å². The highest BCUT2D eigenvalue weighted by atomic mass is 35.5. The van der Waals surface area contributed by atoms with Gasteiger partial charge in [0.25, 0.3) is 0 Å². The van der Waals surface area contributed by atoms with E-state index >= 15 is 0 Å². The average molecular weight is 418 g/mol. The van der Waals surface area contributed by atoms with E-state index in [0.717, 1.165) is 43.2 Å². The van der Waals surface area contributed by atoms with Gasteiger partial charge in [-0.3, -0.25) is 9.69 Å². The SMILES string of the molecule is COC(=O)CCCN1CCCCC1COc1ccc(Oc2ccc(Cl)cc2)cc1. The summed E-state index contributed by atoms with van der Waals surface area (Å²) >= 11 is 5.90. The van der Waals surface area contributed by atoms with Crippen molar-refractivity contribution in [3.8, 4) is 17.2 Å². The van der Waals surface area contributed by atoms with E-state index in [1.54, 1.807) is 12.1 Å². The molecule has 0 bridgehead atoms. The Morgan fingerprint density at radius 2 is 1.69 bits per heavy atom. The third-order valence-electron chi connectivity index (χ3n) is 5.12. The molecular weight excluding hydrogens is 390 g/mol. The smallest absolute Gasteiger partial charge is 0.305 e. The molecule has 0 spiro atoms. The number of piperidine rings is 1. The molecular formula is C23H28ClNO4. The first kappa shape index (κ1) is 21.5. The molecule has 0 saturated carbocycles. The van der Waals surface area contributed by atoms with Crippen LogP contribution in [0.5, 0.6) is 17.2 Å². The second-order valence-corrected chi connectivity index (χ2v) is 7.64. The number of nitrogens with zero attached hydrogens (tertiary/aromatic N) is 1. The van der Waals surface area contributed by atoms with Crippen LogP contribution in [0.4, 0.5) is 0 Å². The van der Waals surface area contributed by atoms with Crippen molar-refractivity contribution in [2.24, 2.45) is 0 Å². The second kappa shape index (κ2) is 11.1. The highest BCUT2D eigenvalue weighted by Gasteiger charge is 2.22. The summed E-state index contributed by atoms with van der Waals surface area (Å²) in [6, 6.07) is 15.3. The van der Waals surface area contributed by atoms with E-state index in [0.29, 0.717) is 24.1 Å². The summed E-state index contributed by atoms with van der Waals surface area (Å²) in [7, 11) is 1.44. The highest BCUT2D eigenvalue weighted by Crippen LogP contribution is 2.26. The quantitative estimate of drug-likeness (QED) is 0.517. The van der Waals surface area contributed by atoms with Crippen molar-refractivity contribution in [3.05, 3.63) is 53.6 Å². The van der Waals surface area contributed by atoms with Gasteiger partial charge in [-0.05, 0) is 80.9 Å². The lowest BCUT2D eigenvalue weighted by molar-refractivity contribution is -0.140. The van der Waals surface area contributed by atoms with Gasteiger partial charge in [-0.2, -0.15) is 0 Å². The molecule has 1 unspecified atom stereocenters. The first-order chi connectivity index (χ1) is 14.1. The average Bonchev–Trinajstić information content (AvgIpc) is 2.75. The summed E-state index contributed by atoms with van der Waals surface area (Å²) in [5.41, 5.74) is 0. The minimum atomic E-state index is -0.143. The number of rotatable bonds is 9. The van der Waals surface area contributed by atoms with E-state index in [4.69, 9.17) is 25.8 Å². The van der Waals surface area contributed by atoms with Gasteiger partial charge >= 0.3 is 5.97 Å². The Balaban J connectivity index is 1.47. The summed E-state index contributed by atoms with van der Waals surface area (Å²) in [5.74, 6) is 2.18. The van der Waals surface area contributed by atoms with Crippen molar-refractivity contribution in [3.63, 3.8) is 0 Å². The molecule has 1 fully saturated rings. The van der Waals surface area contributed by atoms with Gasteiger partial charge in [0.2, 0.25) is 0 Å². The molecule has 2 aromatic rings. The van der Waals surface area contributed by atoms with Crippen LogP contribution in [0.15, 0.2) is 48.5 Å². The van der Waals surface area contributed by atoms with Crippen molar-refractivity contribution in [2.45, 2.75) is 38.1 Å². The highest BCUT2D eigenvalue weighted by molar-refractivity contribution is 6.30. The third-order valence-corrected chi connectivity index (χ3v) is 5.37. The molecule has 0 aromatic heterocycles. The van der Waals surface area contributed by atoms with Gasteiger partial charge in [0.15, 0.2) is 0 Å². The van der Waals surface area contributed by atoms with E-state index in [2.05, 4.69) is 4.90 Å². The number of ether oxygens (including phenoxy) is 3. The zero-order valence-electron chi connectivity index (χ0n) is 16.8. The maximum atomic E-state index is 11.3. The topological polar surface area (TPSA) is 48.0 Å². The molecule has 5 nitrogen and oxygen atoms in total. The molecule has 0 amide bonds. The van der Waals surface area contributed by atoms with Crippen molar-refractivity contribution in [1.82, 2.24) is 4.90 Å². The maximum absolute atomic E-state index is 11.3. The summed E-state index contributed by atoms with van der Waals surface area (Å²) < 4.78 is 16.6. The Morgan fingerprint density at radius 1 is 1.03 bits per heavy atom. The number of likely N-dealkylation sites (tertiary alicyclic amines) is 1. The van der Waals surface area contributed by atoms with Gasteiger partial charge in [-0.15, -0.1) is 0 Å². The van der Waals surface area contributed by atoms with Gasteiger partial charge in [-0.1, -0.05) is 18.0 Å². The van der Waals surface area contributed by atoms with Crippen molar-refractivity contribution in [1.29, 1.82) is 0 Å². The zero-order valence-corrected chi connectivity index (χ0v) is 17.6. The number of carbonyl (C=O) groups excluding carboxylic acids is 1. The first-order valence-electron chi connectivity index (χ1n) is 10.1. The number of hydrogen-bond acceptors (Lipinski definition) is 5. The molecule has 6 heteroatoms. The lowest BCUT2D eigenvalue weighted by Crippen LogP contribution is -2.43. The monoisotopic (exact) mass is 417 g/mol. The number of methoxy groups -OCH3 is 1. The van der Waals surface area contributed by atoms with Gasteiger partial charge in [0.1, 0.15) is 23.9 Å². The summed E-state index contributed by atoms with van der Waals surface area (Å²) in [4.78, 5) is 13.8. The normalized spacial score (nSPS) is 17.0. The van der Waals surface area contributed by atoms with Gasteiger partial charge in [0.05, 0.1) is 7.11 Å². The van der Waals surface area contributed by atoms with E-state index in [1.807, 2.05) is 36.4 Å². The number of benzene rings is 2. The number of carbonyl (C=O) groups is 1. The minimum absolute atomic E-state index is 0.143. The molecule has 2 aromatic carbocycles. The molecule has 0 aliphatic carbocycles. The van der Waals surface area contributed by atoms with Crippen LogP contribution in [0, 0.1) is 0 Å². The fraction of sp³-hybridized carbons (Fsp3) is 0.435. The van der Waals surface area contributed by atoms with Crippen LogP contribution in [-0.4, -0.2) is 43.7 Å². The molecule has 1 aliphatic heterocycles. The van der Waals surface area contributed by atoms with E-state index in [1.165, 1.54) is 20.0 Å². The van der Waals surface area contributed by atoms with Crippen LogP contribution in [0.3, 0.4) is 0 Å². The number of halogens is 1. The molecule has 0 radical (unpaired) electrons. The van der Waals surface area contributed by atoms with E-state index in [-0.39, 0.29) is 5.97 Å². The molecule has 156 valence electrons. The van der Waals surface area contributed by atoms with Crippen LogP contribution in [0.1, 0.15) is 32.1 Å². The molecule has 29 heavy (non-hydrogen) atoms. The minimum Gasteiger partial charge on any atom is -0.492 e. The lowest BCUT2D eigenvalue weighted by Gasteiger charge is -2.35. The van der Waals surface area contributed by atoms with Gasteiger partial charge in [-0.25, -0.2) is 0 Å². The summed E-state index contributed by atoms with van der Waals surface area (Å²) in [6.07, 6.45) is 4.83. The predicted octanol–water partition coefficient (Wildman–Crippen LogP) is 5.32. The van der Waals surface area contributed by atoms with Crippen LogP contribution in [0.25, 0.3) is 0 Å². The van der Waals surface area contributed by atoms with Gasteiger partial charge < -0.3 is 14.2 Å². The Bertz CT molecular complexity index is 763. The molecule has 1 atom stereocenters. The number of esters is 1. The largest absolute Gasteiger partial charge is 0.492 e. The van der Waals surface area contributed by atoms with E-state index in [9.17, 15) is 4.79 Å². The van der Waals surface area contributed by atoms with Crippen LogP contribution < -0.4 is 9.47 Å². The maximum Gasteiger partial charge on any atom is 0.305 e. The standard InChI is InChI=1S/C23H28ClNO4/c1-27-23(26)6-4-16-25-15-3-2-5-19(25)17-28-20-11-13-22(14-12-20)29-21-9-7-18(24)8-10-21/h7-14,19H,2-6,15-17H2,1H3. The first-order valence-corrected chi connectivity index (χ1v) is 10.5. The van der Waals surface area contributed by atoms with Gasteiger partial charge in [0, 0.05) is 17.5 Å². The Kier molecular flexibility index (Phi) is 8.20. The predicted molar refractivity (Wildman–Crippen MR) is 114 cm³/mol. The Labute approximate surface area is 177 Å². The summed E-state index contributed by atoms with van der Waals surface area (Å²) in [6.45, 7) is 2.61. The van der Waals surface area contributed by atoms with Crippen molar-refractivity contribution >= 4 is 17.6 Å². The fourth-order valence-corrected chi connectivity index (χ4v) is 3.63. The van der Waals surface area contributed by atoms with Crippen molar-refractivity contribution < 1.29 is 19.0 Å². The van der Waals surface area contributed by atoms with Crippen LogP contribution in [-0.2, 0) is 9.53 Å². The number of hydrogen-bond donors (Lipinski definition) is 0. The lowest BCUT2D eigenvalue weighted by atomic mass is 10.0. The van der Waals surface area contributed by atoms with Crippen LogP contribution in [0.2, 0.25) is 5.02 Å². The fourth-order valence-electron chi connectivity index (χ4n) is 3.51. The molecule has 0 N–H and O–H groups in total. The molecule has 1 heterocycles. The zero-order chi connectivity index (χ0) is 20.5.